The fourth-order valence-electron chi connectivity index (χ4n) is 3.39. The van der Waals surface area contributed by atoms with E-state index in [0.717, 1.165) is 43.7 Å². The van der Waals surface area contributed by atoms with E-state index in [1.165, 1.54) is 5.56 Å². The molecule has 4 rings (SSSR count). The molecule has 0 radical (unpaired) electrons. The molecule has 0 spiro atoms. The Balaban J connectivity index is 1.37. The Kier molecular flexibility index (Phi) is 3.51. The van der Waals surface area contributed by atoms with Crippen LogP contribution in [0.15, 0.2) is 35.7 Å². The molecule has 114 valence electrons. The molecule has 3 heterocycles. The molecule has 0 bridgehead atoms. The number of likely N-dealkylation sites (tertiary alicyclic amines) is 1. The van der Waals surface area contributed by atoms with Crippen LogP contribution in [-0.2, 0) is 13.0 Å². The van der Waals surface area contributed by atoms with E-state index in [4.69, 9.17) is 0 Å². The first-order valence-corrected chi connectivity index (χ1v) is 8.74. The Labute approximate surface area is 135 Å². The van der Waals surface area contributed by atoms with Gasteiger partial charge in [0.2, 0.25) is 0 Å². The minimum absolute atomic E-state index is 0.174. The quantitative estimate of drug-likeness (QED) is 0.851. The van der Waals surface area contributed by atoms with Gasteiger partial charge >= 0.3 is 0 Å². The largest absolute Gasteiger partial charge is 0.335 e. The zero-order chi connectivity index (χ0) is 15.1. The maximum absolute atomic E-state index is 12.5. The van der Waals surface area contributed by atoms with Crippen molar-refractivity contribution in [2.45, 2.75) is 25.9 Å². The normalized spacial score (nSPS) is 18.9. The third-order valence-electron chi connectivity index (χ3n) is 4.77. The van der Waals surface area contributed by atoms with Gasteiger partial charge in [-0.2, -0.15) is 0 Å². The second-order valence-electron chi connectivity index (χ2n) is 6.32. The predicted octanol–water partition coefficient (Wildman–Crippen LogP) is 2.94. The van der Waals surface area contributed by atoms with Crippen LogP contribution in [0.1, 0.15) is 26.4 Å². The van der Waals surface area contributed by atoms with Crippen molar-refractivity contribution in [1.29, 1.82) is 0 Å². The van der Waals surface area contributed by atoms with Gasteiger partial charge in [-0.15, -0.1) is 11.3 Å². The summed E-state index contributed by atoms with van der Waals surface area (Å²) in [5.74, 6) is 0.174. The molecule has 0 unspecified atom stereocenters. The minimum atomic E-state index is 0.174. The Hall–Kier alpha value is -1.65. The average molecular weight is 312 g/mol. The van der Waals surface area contributed by atoms with Gasteiger partial charge in [-0.05, 0) is 42.5 Å². The molecule has 0 N–H and O–H groups in total. The summed E-state index contributed by atoms with van der Waals surface area (Å²) < 4.78 is 0. The van der Waals surface area contributed by atoms with Crippen LogP contribution in [0, 0.1) is 6.92 Å². The molecule has 1 fully saturated rings. The van der Waals surface area contributed by atoms with Gasteiger partial charge in [-0.3, -0.25) is 9.69 Å². The summed E-state index contributed by atoms with van der Waals surface area (Å²) in [6.07, 6.45) is 1.16. The summed E-state index contributed by atoms with van der Waals surface area (Å²) in [5.41, 5.74) is 3.45. The van der Waals surface area contributed by atoms with Crippen molar-refractivity contribution >= 4 is 17.2 Å². The molecule has 2 aliphatic rings. The van der Waals surface area contributed by atoms with Crippen LogP contribution in [0.4, 0.5) is 0 Å². The van der Waals surface area contributed by atoms with Gasteiger partial charge in [0.1, 0.15) is 0 Å². The maximum Gasteiger partial charge on any atom is 0.253 e. The van der Waals surface area contributed by atoms with E-state index in [1.807, 2.05) is 47.4 Å². The number of aryl methyl sites for hydroxylation is 1. The van der Waals surface area contributed by atoms with Crippen molar-refractivity contribution in [1.82, 2.24) is 9.80 Å². The van der Waals surface area contributed by atoms with E-state index in [1.54, 1.807) is 4.88 Å². The molecule has 1 aromatic carbocycles. The third kappa shape index (κ3) is 2.46. The smallest absolute Gasteiger partial charge is 0.253 e. The van der Waals surface area contributed by atoms with E-state index >= 15 is 0 Å². The lowest BCUT2D eigenvalue weighted by Crippen LogP contribution is -2.61. The molecule has 2 aromatic rings. The lowest BCUT2D eigenvalue weighted by atomic mass is 10.0. The standard InChI is InChI=1S/C18H20N2OS/c1-13-3-2-4-14(9-13)18(21)20-11-16(12-20)19-7-5-17-15(10-19)6-8-22-17/h2-4,6,8-9,16H,5,7,10-12H2,1H3. The summed E-state index contributed by atoms with van der Waals surface area (Å²) in [5, 5.41) is 2.20. The molecule has 1 amide bonds. The highest BCUT2D eigenvalue weighted by Crippen LogP contribution is 2.28. The highest BCUT2D eigenvalue weighted by Gasteiger charge is 2.36. The number of rotatable bonds is 2. The Morgan fingerprint density at radius 1 is 1.27 bits per heavy atom. The summed E-state index contributed by atoms with van der Waals surface area (Å²) >= 11 is 1.88. The van der Waals surface area contributed by atoms with Crippen LogP contribution >= 0.6 is 11.3 Å². The van der Waals surface area contributed by atoms with Crippen molar-refractivity contribution in [3.05, 3.63) is 57.3 Å². The monoisotopic (exact) mass is 312 g/mol. The van der Waals surface area contributed by atoms with Crippen LogP contribution < -0.4 is 0 Å². The van der Waals surface area contributed by atoms with Crippen molar-refractivity contribution in [2.24, 2.45) is 0 Å². The second-order valence-corrected chi connectivity index (χ2v) is 7.32. The van der Waals surface area contributed by atoms with Gasteiger partial charge in [0, 0.05) is 42.7 Å². The molecular weight excluding hydrogens is 292 g/mol. The van der Waals surface area contributed by atoms with Crippen molar-refractivity contribution in [3.63, 3.8) is 0 Å². The lowest BCUT2D eigenvalue weighted by Gasteiger charge is -2.46. The van der Waals surface area contributed by atoms with E-state index in [2.05, 4.69) is 16.3 Å². The van der Waals surface area contributed by atoms with E-state index in [-0.39, 0.29) is 5.91 Å². The van der Waals surface area contributed by atoms with Gasteiger partial charge in [0.05, 0.1) is 0 Å². The summed E-state index contributed by atoms with van der Waals surface area (Å²) in [7, 11) is 0. The molecule has 22 heavy (non-hydrogen) atoms. The number of fused-ring (bicyclic) bond motifs is 1. The highest BCUT2D eigenvalue weighted by molar-refractivity contribution is 7.10. The fourth-order valence-corrected chi connectivity index (χ4v) is 4.28. The van der Waals surface area contributed by atoms with Crippen molar-refractivity contribution in [3.8, 4) is 0 Å². The number of benzene rings is 1. The van der Waals surface area contributed by atoms with Crippen molar-refractivity contribution in [2.75, 3.05) is 19.6 Å². The van der Waals surface area contributed by atoms with E-state index in [0.29, 0.717) is 6.04 Å². The van der Waals surface area contributed by atoms with E-state index < -0.39 is 0 Å². The molecule has 0 saturated carbocycles. The van der Waals surface area contributed by atoms with Gasteiger partial charge in [-0.1, -0.05) is 17.7 Å². The van der Waals surface area contributed by atoms with Gasteiger partial charge in [0.25, 0.3) is 5.91 Å². The number of hydrogen-bond acceptors (Lipinski definition) is 3. The summed E-state index contributed by atoms with van der Waals surface area (Å²) in [6, 6.07) is 10.7. The summed E-state index contributed by atoms with van der Waals surface area (Å²) in [6.45, 7) is 5.95. The summed E-state index contributed by atoms with van der Waals surface area (Å²) in [4.78, 5) is 18.5. The van der Waals surface area contributed by atoms with Crippen LogP contribution in [0.2, 0.25) is 0 Å². The second kappa shape index (κ2) is 5.52. The Morgan fingerprint density at radius 3 is 2.95 bits per heavy atom. The van der Waals surface area contributed by atoms with E-state index in [9.17, 15) is 4.79 Å². The molecule has 2 aliphatic heterocycles. The maximum atomic E-state index is 12.5. The molecule has 1 aromatic heterocycles. The van der Waals surface area contributed by atoms with Gasteiger partial charge in [-0.25, -0.2) is 0 Å². The van der Waals surface area contributed by atoms with Crippen LogP contribution in [0.5, 0.6) is 0 Å². The Bertz CT molecular complexity index is 703. The molecule has 0 atom stereocenters. The fraction of sp³-hybridized carbons (Fsp3) is 0.389. The number of thiophene rings is 1. The first-order valence-electron chi connectivity index (χ1n) is 7.86. The predicted molar refractivity (Wildman–Crippen MR) is 89.3 cm³/mol. The molecule has 0 aliphatic carbocycles. The third-order valence-corrected chi connectivity index (χ3v) is 5.79. The zero-order valence-corrected chi connectivity index (χ0v) is 13.6. The van der Waals surface area contributed by atoms with Crippen molar-refractivity contribution < 1.29 is 4.79 Å². The van der Waals surface area contributed by atoms with Crippen LogP contribution in [-0.4, -0.2) is 41.4 Å². The number of carbonyl (C=O) groups is 1. The molecule has 3 nitrogen and oxygen atoms in total. The van der Waals surface area contributed by atoms with Crippen LogP contribution in [0.25, 0.3) is 0 Å². The SMILES string of the molecule is Cc1cccc(C(=O)N2CC(N3CCc4sccc4C3)C2)c1. The highest BCUT2D eigenvalue weighted by atomic mass is 32.1. The van der Waals surface area contributed by atoms with Gasteiger partial charge < -0.3 is 4.90 Å². The molecule has 1 saturated heterocycles. The lowest BCUT2D eigenvalue weighted by molar-refractivity contribution is 0.0221. The average Bonchev–Trinajstić information content (AvgIpc) is 2.93. The first-order chi connectivity index (χ1) is 10.7. The number of amides is 1. The molecular formula is C18H20N2OS. The van der Waals surface area contributed by atoms with Gasteiger partial charge in [0.15, 0.2) is 0 Å². The zero-order valence-electron chi connectivity index (χ0n) is 12.8. The first kappa shape index (κ1) is 14.0. The number of nitrogens with zero attached hydrogens (tertiary/aromatic N) is 2. The topological polar surface area (TPSA) is 23.6 Å². The minimum Gasteiger partial charge on any atom is -0.335 e. The number of hydrogen-bond donors (Lipinski definition) is 0. The number of carbonyl (C=O) groups excluding carboxylic acids is 1. The Morgan fingerprint density at radius 2 is 2.14 bits per heavy atom. The van der Waals surface area contributed by atoms with Crippen LogP contribution in [0.3, 0.4) is 0 Å². The molecule has 4 heteroatoms.